The van der Waals surface area contributed by atoms with E-state index in [0.717, 1.165) is 0 Å². The zero-order valence-corrected chi connectivity index (χ0v) is 17.6. The Hall–Kier alpha value is -2.33. The summed E-state index contributed by atoms with van der Waals surface area (Å²) in [6.07, 6.45) is 2.48. The third-order valence-electron chi connectivity index (χ3n) is 4.13. The number of hydrogen-bond acceptors (Lipinski definition) is 6. The number of amides is 2. The molecule has 2 rings (SSSR count). The van der Waals surface area contributed by atoms with Crippen LogP contribution in [0.25, 0.3) is 0 Å². The van der Waals surface area contributed by atoms with Gasteiger partial charge >= 0.3 is 0 Å². The van der Waals surface area contributed by atoms with Crippen LogP contribution in [0.1, 0.15) is 46.0 Å². The van der Waals surface area contributed by atoms with E-state index in [1.54, 1.807) is 6.07 Å². The van der Waals surface area contributed by atoms with Gasteiger partial charge < -0.3 is 9.47 Å². The van der Waals surface area contributed by atoms with E-state index in [1.165, 1.54) is 12.1 Å². The molecule has 1 aliphatic rings. The van der Waals surface area contributed by atoms with E-state index in [0.29, 0.717) is 50.4 Å². The molecule has 162 valence electrons. The molecule has 1 aromatic rings. The van der Waals surface area contributed by atoms with E-state index < -0.39 is 10.0 Å². The number of unbranched alkanes of at least 4 members (excludes halogenated alkanes) is 2. The highest BCUT2D eigenvalue weighted by molar-refractivity contribution is 7.89. The number of nitrogens with one attached hydrogen (secondary N) is 3. The van der Waals surface area contributed by atoms with Gasteiger partial charge in [0.15, 0.2) is 11.5 Å². The Bertz CT molecular complexity index is 810. The van der Waals surface area contributed by atoms with Gasteiger partial charge in [-0.05, 0) is 30.9 Å². The first-order valence-electron chi connectivity index (χ1n) is 9.75. The third kappa shape index (κ3) is 7.90. The maximum Gasteiger partial charge on any atom is 0.240 e. The van der Waals surface area contributed by atoms with Gasteiger partial charge in [-0.1, -0.05) is 20.3 Å². The lowest BCUT2D eigenvalue weighted by molar-refractivity contribution is -0.129. The van der Waals surface area contributed by atoms with Crippen molar-refractivity contribution in [1.29, 1.82) is 0 Å². The molecule has 0 saturated heterocycles. The average Bonchev–Trinajstić information content (AvgIpc) is 2.68. The monoisotopic (exact) mass is 427 g/mol. The zero-order valence-electron chi connectivity index (χ0n) is 16.8. The Morgan fingerprint density at radius 1 is 1.00 bits per heavy atom. The van der Waals surface area contributed by atoms with Crippen molar-refractivity contribution in [1.82, 2.24) is 15.6 Å². The number of hydrogen-bond donors (Lipinski definition) is 3. The standard InChI is InChI=1S/C19H29N3O6S/c1-14(2)12-19(24)22-21-18(23)6-4-3-5-9-20-29(25,26)15-7-8-16-17(13-15)28-11-10-27-16/h7-8,13-14,20H,3-6,9-12H2,1-2H3,(H,21,23)(H,22,24). The van der Waals surface area contributed by atoms with Crippen molar-refractivity contribution in [2.45, 2.75) is 50.8 Å². The molecule has 2 amide bonds. The molecule has 0 saturated carbocycles. The molecule has 29 heavy (non-hydrogen) atoms. The molecule has 10 heteroatoms. The van der Waals surface area contributed by atoms with Crippen LogP contribution in [0, 0.1) is 5.92 Å². The molecular weight excluding hydrogens is 398 g/mol. The second kappa shape index (κ2) is 11.0. The van der Waals surface area contributed by atoms with Crippen molar-refractivity contribution >= 4 is 21.8 Å². The van der Waals surface area contributed by atoms with E-state index in [2.05, 4.69) is 15.6 Å². The van der Waals surface area contributed by atoms with Crippen molar-refractivity contribution < 1.29 is 27.5 Å². The van der Waals surface area contributed by atoms with E-state index in [4.69, 9.17) is 9.47 Å². The minimum absolute atomic E-state index is 0.123. The Balaban J connectivity index is 1.63. The Morgan fingerprint density at radius 2 is 1.69 bits per heavy atom. The van der Waals surface area contributed by atoms with Gasteiger partial charge in [0.05, 0.1) is 4.90 Å². The fourth-order valence-corrected chi connectivity index (χ4v) is 3.78. The molecule has 0 atom stereocenters. The average molecular weight is 428 g/mol. The summed E-state index contributed by atoms with van der Waals surface area (Å²) in [4.78, 5) is 23.2. The second-order valence-corrected chi connectivity index (χ2v) is 8.98. The maximum absolute atomic E-state index is 12.4. The molecule has 0 aromatic heterocycles. The van der Waals surface area contributed by atoms with Crippen molar-refractivity contribution in [3.63, 3.8) is 0 Å². The highest BCUT2D eigenvalue weighted by atomic mass is 32.2. The molecule has 0 spiro atoms. The number of benzene rings is 1. The first-order valence-corrected chi connectivity index (χ1v) is 11.2. The minimum atomic E-state index is -3.64. The highest BCUT2D eigenvalue weighted by Gasteiger charge is 2.18. The SMILES string of the molecule is CC(C)CC(=O)NNC(=O)CCCCCNS(=O)(=O)c1ccc2c(c1)OCCO2. The van der Waals surface area contributed by atoms with Gasteiger partial charge in [-0.25, -0.2) is 13.1 Å². The van der Waals surface area contributed by atoms with Crippen LogP contribution in [0.3, 0.4) is 0 Å². The van der Waals surface area contributed by atoms with Gasteiger partial charge in [-0.2, -0.15) is 0 Å². The van der Waals surface area contributed by atoms with E-state index in [9.17, 15) is 18.0 Å². The number of hydrazine groups is 1. The summed E-state index contributed by atoms with van der Waals surface area (Å²) in [6.45, 7) is 4.94. The van der Waals surface area contributed by atoms with Gasteiger partial charge in [0.2, 0.25) is 21.8 Å². The van der Waals surface area contributed by atoms with E-state index in [-0.39, 0.29) is 35.6 Å². The third-order valence-corrected chi connectivity index (χ3v) is 5.59. The molecular formula is C19H29N3O6S. The van der Waals surface area contributed by atoms with Crippen LogP contribution in [0.2, 0.25) is 0 Å². The maximum atomic E-state index is 12.4. The van der Waals surface area contributed by atoms with Crippen LogP contribution >= 0.6 is 0 Å². The summed E-state index contributed by atoms with van der Waals surface area (Å²) in [6, 6.07) is 4.52. The number of sulfonamides is 1. The summed E-state index contributed by atoms with van der Waals surface area (Å²) in [5.41, 5.74) is 4.75. The van der Waals surface area contributed by atoms with Crippen LogP contribution in [-0.2, 0) is 19.6 Å². The zero-order chi connectivity index (χ0) is 21.3. The number of ether oxygens (including phenoxy) is 2. The van der Waals surface area contributed by atoms with Crippen LogP contribution in [0.5, 0.6) is 11.5 Å². The van der Waals surface area contributed by atoms with Crippen LogP contribution < -0.4 is 25.0 Å². The molecule has 0 fully saturated rings. The first kappa shape index (κ1) is 23.0. The van der Waals surface area contributed by atoms with E-state index in [1.807, 2.05) is 13.8 Å². The number of fused-ring (bicyclic) bond motifs is 1. The normalized spacial score (nSPS) is 13.2. The predicted octanol–water partition coefficient (Wildman–Crippen LogP) is 1.49. The van der Waals surface area contributed by atoms with Crippen molar-refractivity contribution in [3.05, 3.63) is 18.2 Å². The van der Waals surface area contributed by atoms with Crippen LogP contribution in [-0.4, -0.2) is 40.0 Å². The van der Waals surface area contributed by atoms with Gasteiger partial charge in [-0.3, -0.25) is 20.4 Å². The molecule has 1 aromatic carbocycles. The topological polar surface area (TPSA) is 123 Å². The molecule has 0 unspecified atom stereocenters. The molecule has 1 aliphatic heterocycles. The quantitative estimate of drug-likeness (QED) is 0.384. The lowest BCUT2D eigenvalue weighted by atomic mass is 10.1. The molecule has 0 radical (unpaired) electrons. The van der Waals surface area contributed by atoms with Crippen LogP contribution in [0.15, 0.2) is 23.1 Å². The number of carbonyl (C=O) groups is 2. The first-order chi connectivity index (χ1) is 13.8. The summed E-state index contributed by atoms with van der Waals surface area (Å²) < 4.78 is 38.1. The molecule has 1 heterocycles. The predicted molar refractivity (Wildman–Crippen MR) is 107 cm³/mol. The van der Waals surface area contributed by atoms with Gasteiger partial charge in [0.25, 0.3) is 0 Å². The summed E-state index contributed by atoms with van der Waals surface area (Å²) in [5.74, 6) is 0.693. The minimum Gasteiger partial charge on any atom is -0.486 e. The lowest BCUT2D eigenvalue weighted by Gasteiger charge is -2.18. The summed E-state index contributed by atoms with van der Waals surface area (Å²) in [5, 5.41) is 0. The number of rotatable bonds is 10. The van der Waals surface area contributed by atoms with Gasteiger partial charge in [-0.15, -0.1) is 0 Å². The smallest absolute Gasteiger partial charge is 0.240 e. The van der Waals surface area contributed by atoms with Crippen molar-refractivity contribution in [2.24, 2.45) is 5.92 Å². The molecule has 0 aliphatic carbocycles. The van der Waals surface area contributed by atoms with Crippen molar-refractivity contribution in [2.75, 3.05) is 19.8 Å². The fraction of sp³-hybridized carbons (Fsp3) is 0.579. The number of carbonyl (C=O) groups excluding carboxylic acids is 2. The largest absolute Gasteiger partial charge is 0.486 e. The molecule has 3 N–H and O–H groups in total. The van der Waals surface area contributed by atoms with Gasteiger partial charge in [0.1, 0.15) is 13.2 Å². The Morgan fingerprint density at radius 3 is 2.41 bits per heavy atom. The molecule has 9 nitrogen and oxygen atoms in total. The summed E-state index contributed by atoms with van der Waals surface area (Å²) >= 11 is 0. The fourth-order valence-electron chi connectivity index (χ4n) is 2.69. The van der Waals surface area contributed by atoms with E-state index >= 15 is 0 Å². The summed E-state index contributed by atoms with van der Waals surface area (Å²) in [7, 11) is -3.64. The van der Waals surface area contributed by atoms with Gasteiger partial charge in [0, 0.05) is 25.5 Å². The highest BCUT2D eigenvalue weighted by Crippen LogP contribution is 2.32. The lowest BCUT2D eigenvalue weighted by Crippen LogP contribution is -2.41. The second-order valence-electron chi connectivity index (χ2n) is 7.21. The Kier molecular flexibility index (Phi) is 8.71. The Labute approximate surface area is 171 Å². The van der Waals surface area contributed by atoms with Crippen LogP contribution in [0.4, 0.5) is 0 Å². The molecule has 0 bridgehead atoms. The van der Waals surface area contributed by atoms with Crippen molar-refractivity contribution in [3.8, 4) is 11.5 Å².